The summed E-state index contributed by atoms with van der Waals surface area (Å²) in [6, 6.07) is 4.23. The van der Waals surface area contributed by atoms with Gasteiger partial charge in [0.2, 0.25) is 0 Å². The Kier molecular flexibility index (Phi) is 6.44. The molecule has 0 radical (unpaired) electrons. The Morgan fingerprint density at radius 3 is 2.35 bits per heavy atom. The molecule has 23 heavy (non-hydrogen) atoms. The molecule has 0 fully saturated rings. The smallest absolute Gasteiger partial charge is 0.405 e. The van der Waals surface area contributed by atoms with Crippen molar-refractivity contribution in [2.24, 2.45) is 11.5 Å². The molecule has 4 nitrogen and oxygen atoms in total. The minimum atomic E-state index is -4.34. The normalized spacial score (nSPS) is 12.4. The van der Waals surface area contributed by atoms with Crippen molar-refractivity contribution in [3.05, 3.63) is 71.6 Å². The number of alkyl halides is 3. The van der Waals surface area contributed by atoms with Crippen LogP contribution >= 0.6 is 0 Å². The van der Waals surface area contributed by atoms with Gasteiger partial charge in [-0.2, -0.15) is 13.2 Å². The number of benzene rings is 1. The van der Waals surface area contributed by atoms with E-state index in [1.54, 1.807) is 12.2 Å². The van der Waals surface area contributed by atoms with E-state index in [1.165, 1.54) is 18.3 Å². The Bertz CT molecular complexity index is 616. The van der Waals surface area contributed by atoms with Crippen LogP contribution in [0.2, 0.25) is 0 Å². The van der Waals surface area contributed by atoms with Crippen molar-refractivity contribution in [1.29, 1.82) is 0 Å². The van der Waals surface area contributed by atoms with Gasteiger partial charge in [-0.05, 0) is 54.5 Å². The summed E-state index contributed by atoms with van der Waals surface area (Å²) in [5.74, 6) is 0. The molecule has 0 aromatic heterocycles. The number of urea groups is 1. The van der Waals surface area contributed by atoms with Gasteiger partial charge in [0.1, 0.15) is 0 Å². The van der Waals surface area contributed by atoms with E-state index >= 15 is 0 Å². The Balaban J connectivity index is 2.74. The van der Waals surface area contributed by atoms with E-state index in [0.29, 0.717) is 18.5 Å². The first-order valence-corrected chi connectivity index (χ1v) is 6.72. The standard InChI is InChI=1S/C16H18F3N3O/c1-11(22-15(21)23)10-13(8-9-20)3-2-12-4-6-14(7-5-12)16(17,18)19/h4-10H,1-3,20H2,(H3,21,22,23)/b9-8-,13-10-. The van der Waals surface area contributed by atoms with Gasteiger partial charge in [0.25, 0.3) is 0 Å². The maximum absolute atomic E-state index is 12.5. The zero-order valence-corrected chi connectivity index (χ0v) is 12.4. The Morgan fingerprint density at radius 1 is 1.26 bits per heavy atom. The van der Waals surface area contributed by atoms with Crippen molar-refractivity contribution in [2.75, 3.05) is 0 Å². The lowest BCUT2D eigenvalue weighted by molar-refractivity contribution is -0.137. The van der Waals surface area contributed by atoms with Gasteiger partial charge >= 0.3 is 12.2 Å². The molecule has 0 heterocycles. The van der Waals surface area contributed by atoms with Crippen LogP contribution in [0.15, 0.2) is 60.5 Å². The third kappa shape index (κ3) is 6.73. The van der Waals surface area contributed by atoms with Gasteiger partial charge in [0.05, 0.1) is 5.56 Å². The monoisotopic (exact) mass is 325 g/mol. The number of primary amides is 1. The van der Waals surface area contributed by atoms with Gasteiger partial charge in [0.15, 0.2) is 0 Å². The molecule has 1 rings (SSSR count). The highest BCUT2D eigenvalue weighted by Gasteiger charge is 2.29. The Morgan fingerprint density at radius 2 is 1.87 bits per heavy atom. The molecule has 0 bridgehead atoms. The molecule has 1 aromatic carbocycles. The number of hydrogen-bond acceptors (Lipinski definition) is 2. The number of allylic oxidation sites excluding steroid dienone is 3. The topological polar surface area (TPSA) is 81.1 Å². The van der Waals surface area contributed by atoms with Crippen molar-refractivity contribution in [3.63, 3.8) is 0 Å². The number of carbonyl (C=O) groups is 1. The van der Waals surface area contributed by atoms with Crippen molar-refractivity contribution < 1.29 is 18.0 Å². The van der Waals surface area contributed by atoms with Crippen molar-refractivity contribution in [2.45, 2.75) is 19.0 Å². The molecule has 0 spiro atoms. The summed E-state index contributed by atoms with van der Waals surface area (Å²) in [4.78, 5) is 10.7. The van der Waals surface area contributed by atoms with Gasteiger partial charge in [-0.25, -0.2) is 4.79 Å². The molecule has 0 unspecified atom stereocenters. The fourth-order valence-electron chi connectivity index (χ4n) is 1.89. The molecular weight excluding hydrogens is 307 g/mol. The molecule has 0 aliphatic rings. The van der Waals surface area contributed by atoms with E-state index in [-0.39, 0.29) is 0 Å². The molecule has 124 valence electrons. The molecule has 5 N–H and O–H groups in total. The highest BCUT2D eigenvalue weighted by molar-refractivity contribution is 5.74. The maximum atomic E-state index is 12.5. The van der Waals surface area contributed by atoms with Gasteiger partial charge in [0, 0.05) is 5.70 Å². The molecule has 0 aliphatic carbocycles. The van der Waals surface area contributed by atoms with E-state index < -0.39 is 17.8 Å². The fraction of sp³-hybridized carbons (Fsp3) is 0.188. The van der Waals surface area contributed by atoms with E-state index in [2.05, 4.69) is 11.9 Å². The van der Waals surface area contributed by atoms with Crippen LogP contribution < -0.4 is 16.8 Å². The van der Waals surface area contributed by atoms with Crippen LogP contribution in [-0.2, 0) is 12.6 Å². The number of nitrogens with two attached hydrogens (primary N) is 2. The zero-order valence-electron chi connectivity index (χ0n) is 12.4. The number of amides is 2. The summed E-state index contributed by atoms with van der Waals surface area (Å²) >= 11 is 0. The first-order chi connectivity index (χ1) is 10.7. The molecular formula is C16H18F3N3O. The van der Waals surface area contributed by atoms with Crippen LogP contribution in [0.25, 0.3) is 0 Å². The quantitative estimate of drug-likeness (QED) is 0.702. The minimum Gasteiger partial charge on any atom is -0.405 e. The van der Waals surface area contributed by atoms with E-state index in [4.69, 9.17) is 11.5 Å². The van der Waals surface area contributed by atoms with Gasteiger partial charge < -0.3 is 16.8 Å². The number of nitrogens with one attached hydrogen (secondary N) is 1. The second-order valence-corrected chi connectivity index (χ2v) is 4.79. The van der Waals surface area contributed by atoms with Crippen molar-refractivity contribution >= 4 is 6.03 Å². The maximum Gasteiger partial charge on any atom is 0.416 e. The zero-order chi connectivity index (χ0) is 17.5. The number of carbonyl (C=O) groups excluding carboxylic acids is 1. The second-order valence-electron chi connectivity index (χ2n) is 4.79. The minimum absolute atomic E-state index is 0.304. The van der Waals surface area contributed by atoms with Crippen LogP contribution in [0.4, 0.5) is 18.0 Å². The lowest BCUT2D eigenvalue weighted by Crippen LogP contribution is -2.27. The van der Waals surface area contributed by atoms with Gasteiger partial charge in [-0.3, -0.25) is 0 Å². The number of halogens is 3. The predicted molar refractivity (Wildman–Crippen MR) is 83.0 cm³/mol. The van der Waals surface area contributed by atoms with Crippen LogP contribution in [0.3, 0.4) is 0 Å². The molecule has 0 atom stereocenters. The van der Waals surface area contributed by atoms with Gasteiger partial charge in [-0.15, -0.1) is 0 Å². The van der Waals surface area contributed by atoms with Crippen molar-refractivity contribution in [1.82, 2.24) is 5.32 Å². The first-order valence-electron chi connectivity index (χ1n) is 6.72. The highest BCUT2D eigenvalue weighted by atomic mass is 19.4. The average Bonchev–Trinajstić information content (AvgIpc) is 2.43. The molecule has 0 aliphatic heterocycles. The summed E-state index contributed by atoms with van der Waals surface area (Å²) < 4.78 is 37.5. The second kappa shape index (κ2) is 8.07. The fourth-order valence-corrected chi connectivity index (χ4v) is 1.89. The van der Waals surface area contributed by atoms with Crippen LogP contribution in [0.1, 0.15) is 17.5 Å². The average molecular weight is 325 g/mol. The van der Waals surface area contributed by atoms with E-state index in [0.717, 1.165) is 23.3 Å². The number of rotatable bonds is 6. The van der Waals surface area contributed by atoms with Crippen LogP contribution in [0.5, 0.6) is 0 Å². The Labute approximate surface area is 132 Å². The third-order valence-electron chi connectivity index (χ3n) is 2.94. The van der Waals surface area contributed by atoms with Crippen LogP contribution in [-0.4, -0.2) is 6.03 Å². The summed E-state index contributed by atoms with van der Waals surface area (Å²) in [7, 11) is 0. The van der Waals surface area contributed by atoms with E-state index in [1.807, 2.05) is 0 Å². The summed E-state index contributed by atoms with van der Waals surface area (Å²) in [6.45, 7) is 3.62. The number of hydrogen-bond donors (Lipinski definition) is 3. The lowest BCUT2D eigenvalue weighted by Gasteiger charge is -2.08. The summed E-state index contributed by atoms with van der Waals surface area (Å²) in [5, 5.41) is 2.32. The lowest BCUT2D eigenvalue weighted by atomic mass is 10.0. The molecule has 0 saturated carbocycles. The summed E-state index contributed by atoms with van der Waals surface area (Å²) in [5.41, 5.74) is 11.5. The molecule has 2 amide bonds. The predicted octanol–water partition coefficient (Wildman–Crippen LogP) is 3.22. The van der Waals surface area contributed by atoms with Crippen molar-refractivity contribution in [3.8, 4) is 0 Å². The Hall–Kier alpha value is -2.70. The summed E-state index contributed by atoms with van der Waals surface area (Å²) in [6.07, 6.45) is 1.23. The van der Waals surface area contributed by atoms with E-state index in [9.17, 15) is 18.0 Å². The molecule has 7 heteroatoms. The SMILES string of the molecule is C=C(/C=C(\C=C/N)CCc1ccc(C(F)(F)F)cc1)NC(N)=O. The van der Waals surface area contributed by atoms with Gasteiger partial charge in [-0.1, -0.05) is 18.7 Å². The first kappa shape index (κ1) is 18.3. The largest absolute Gasteiger partial charge is 0.416 e. The molecule has 1 aromatic rings. The molecule has 0 saturated heterocycles. The number of aryl methyl sites for hydroxylation is 1. The third-order valence-corrected chi connectivity index (χ3v) is 2.94. The van der Waals surface area contributed by atoms with Crippen LogP contribution in [0, 0.1) is 0 Å². The highest BCUT2D eigenvalue weighted by Crippen LogP contribution is 2.29.